The predicted octanol–water partition coefficient (Wildman–Crippen LogP) is 3.27. The highest BCUT2D eigenvalue weighted by atomic mass is 19.1. The Morgan fingerprint density at radius 2 is 1.95 bits per heavy atom. The molecule has 3 nitrogen and oxygen atoms in total. The maximum Gasteiger partial charge on any atom is 0.244 e. The van der Waals surface area contributed by atoms with Gasteiger partial charge in [0.05, 0.1) is 0 Å². The highest BCUT2D eigenvalue weighted by Crippen LogP contribution is 2.17. The molecule has 1 aromatic carbocycles. The minimum atomic E-state index is -0.316. The fourth-order valence-electron chi connectivity index (χ4n) is 2.75. The lowest BCUT2D eigenvalue weighted by Crippen LogP contribution is -2.33. The molecule has 4 heteroatoms. The van der Waals surface area contributed by atoms with Crippen molar-refractivity contribution in [2.75, 3.05) is 13.1 Å². The summed E-state index contributed by atoms with van der Waals surface area (Å²) in [6.07, 6.45) is 10.4. The monoisotopic (exact) mass is 304 g/mol. The summed E-state index contributed by atoms with van der Waals surface area (Å²) in [6.45, 7) is 1.57. The van der Waals surface area contributed by atoms with Gasteiger partial charge >= 0.3 is 0 Å². The number of carbonyl (C=O) groups is 1. The third-order valence-corrected chi connectivity index (χ3v) is 4.01. The number of carbonyl (C=O) groups excluding carboxylic acids is 1. The van der Waals surface area contributed by atoms with Crippen LogP contribution in [-0.4, -0.2) is 25.0 Å². The van der Waals surface area contributed by atoms with Crippen molar-refractivity contribution in [3.05, 3.63) is 41.7 Å². The van der Waals surface area contributed by atoms with Gasteiger partial charge in [-0.3, -0.25) is 4.79 Å². The van der Waals surface area contributed by atoms with Gasteiger partial charge in [0.25, 0.3) is 0 Å². The lowest BCUT2D eigenvalue weighted by molar-refractivity contribution is -0.116. The zero-order valence-electron chi connectivity index (χ0n) is 13.0. The van der Waals surface area contributed by atoms with Crippen LogP contribution in [0.4, 0.5) is 4.39 Å². The van der Waals surface area contributed by atoms with Gasteiger partial charge in [0.15, 0.2) is 0 Å². The Bertz CT molecular complexity index is 496. The van der Waals surface area contributed by atoms with E-state index in [9.17, 15) is 9.18 Å². The Morgan fingerprint density at radius 3 is 2.73 bits per heavy atom. The molecular weight excluding hydrogens is 279 g/mol. The van der Waals surface area contributed by atoms with Gasteiger partial charge in [-0.25, -0.2) is 4.39 Å². The average molecular weight is 304 g/mol. The molecule has 22 heavy (non-hydrogen) atoms. The summed E-state index contributed by atoms with van der Waals surface area (Å²) in [6, 6.07) is 7.07. The van der Waals surface area contributed by atoms with Gasteiger partial charge in [0.1, 0.15) is 5.82 Å². The van der Waals surface area contributed by atoms with Crippen LogP contribution in [-0.2, 0) is 4.79 Å². The average Bonchev–Trinajstić information content (AvgIpc) is 2.55. The highest BCUT2D eigenvalue weighted by Gasteiger charge is 2.11. The summed E-state index contributed by atoms with van der Waals surface area (Å²) in [5.41, 5.74) is 0.427. The van der Waals surface area contributed by atoms with Gasteiger partial charge in [-0.2, -0.15) is 0 Å². The zero-order valence-corrected chi connectivity index (χ0v) is 13.0. The van der Waals surface area contributed by atoms with Crippen LogP contribution < -0.4 is 10.6 Å². The molecule has 1 aromatic rings. The quantitative estimate of drug-likeness (QED) is 0.599. The topological polar surface area (TPSA) is 41.1 Å². The van der Waals surface area contributed by atoms with Crippen molar-refractivity contribution in [3.63, 3.8) is 0 Å². The molecule has 0 saturated heterocycles. The van der Waals surface area contributed by atoms with E-state index >= 15 is 0 Å². The van der Waals surface area contributed by atoms with Gasteiger partial charge in [-0.05, 0) is 37.9 Å². The normalized spacial score (nSPS) is 16.0. The standard InChI is InChI=1S/C18H25FN2O/c19-17-10-5-4-7-15(17)11-12-18(22)21-14-6-13-20-16-8-2-1-3-9-16/h4-5,7,10-12,16,20H,1-3,6,8-9,13-14H2,(H,21,22)/b12-11+. The summed E-state index contributed by atoms with van der Waals surface area (Å²) in [5, 5.41) is 6.36. The molecule has 0 radical (unpaired) electrons. The predicted molar refractivity (Wildman–Crippen MR) is 87.9 cm³/mol. The summed E-state index contributed by atoms with van der Waals surface area (Å²) >= 11 is 0. The molecule has 2 rings (SSSR count). The molecule has 1 saturated carbocycles. The molecular formula is C18H25FN2O. The van der Waals surface area contributed by atoms with E-state index in [-0.39, 0.29) is 11.7 Å². The van der Waals surface area contributed by atoms with Gasteiger partial charge < -0.3 is 10.6 Å². The molecule has 120 valence electrons. The molecule has 2 N–H and O–H groups in total. The maximum atomic E-state index is 13.4. The van der Waals surface area contributed by atoms with Crippen LogP contribution in [0.15, 0.2) is 30.3 Å². The van der Waals surface area contributed by atoms with E-state index in [4.69, 9.17) is 0 Å². The number of rotatable bonds is 7. The molecule has 1 aliphatic carbocycles. The van der Waals surface area contributed by atoms with Gasteiger partial charge in [0.2, 0.25) is 5.91 Å². The minimum absolute atomic E-state index is 0.180. The molecule has 0 unspecified atom stereocenters. The zero-order chi connectivity index (χ0) is 15.6. The van der Waals surface area contributed by atoms with E-state index in [1.807, 2.05) is 0 Å². The molecule has 0 aromatic heterocycles. The Labute approximate surface area is 132 Å². The highest BCUT2D eigenvalue weighted by molar-refractivity contribution is 5.91. The van der Waals surface area contributed by atoms with Crippen molar-refractivity contribution in [2.24, 2.45) is 0 Å². The second kappa shape index (κ2) is 9.36. The van der Waals surface area contributed by atoms with E-state index in [0.29, 0.717) is 18.2 Å². The van der Waals surface area contributed by atoms with Crippen LogP contribution in [0.3, 0.4) is 0 Å². The van der Waals surface area contributed by atoms with E-state index in [1.54, 1.807) is 18.2 Å². The first-order chi connectivity index (χ1) is 10.8. The van der Waals surface area contributed by atoms with Crippen molar-refractivity contribution in [1.29, 1.82) is 0 Å². The SMILES string of the molecule is O=C(/C=C/c1ccccc1F)NCCCNC1CCCCC1. The van der Waals surface area contributed by atoms with Gasteiger partial charge in [-0.1, -0.05) is 37.5 Å². The van der Waals surface area contributed by atoms with E-state index in [1.165, 1.54) is 50.3 Å². The Hall–Kier alpha value is -1.68. The van der Waals surface area contributed by atoms with Crippen LogP contribution >= 0.6 is 0 Å². The fourth-order valence-corrected chi connectivity index (χ4v) is 2.75. The molecule has 1 aliphatic rings. The number of amides is 1. The van der Waals surface area contributed by atoms with Gasteiger partial charge in [0, 0.05) is 24.2 Å². The molecule has 1 fully saturated rings. The third kappa shape index (κ3) is 5.98. The van der Waals surface area contributed by atoms with Crippen LogP contribution in [0.2, 0.25) is 0 Å². The second-order valence-electron chi connectivity index (χ2n) is 5.79. The Balaban J connectivity index is 1.58. The first kappa shape index (κ1) is 16.7. The van der Waals surface area contributed by atoms with E-state index in [2.05, 4.69) is 10.6 Å². The van der Waals surface area contributed by atoms with Crippen LogP contribution in [0.25, 0.3) is 6.08 Å². The Morgan fingerprint density at radius 1 is 1.18 bits per heavy atom. The Kier molecular flexibility index (Phi) is 7.10. The van der Waals surface area contributed by atoms with Crippen LogP contribution in [0.1, 0.15) is 44.1 Å². The third-order valence-electron chi connectivity index (χ3n) is 4.01. The first-order valence-corrected chi connectivity index (χ1v) is 8.19. The number of hydrogen-bond acceptors (Lipinski definition) is 2. The van der Waals surface area contributed by atoms with Crippen molar-refractivity contribution >= 4 is 12.0 Å². The molecule has 0 spiro atoms. The van der Waals surface area contributed by atoms with Gasteiger partial charge in [-0.15, -0.1) is 0 Å². The smallest absolute Gasteiger partial charge is 0.244 e. The number of hydrogen-bond donors (Lipinski definition) is 2. The fraction of sp³-hybridized carbons (Fsp3) is 0.500. The first-order valence-electron chi connectivity index (χ1n) is 8.19. The molecule has 0 heterocycles. The molecule has 0 atom stereocenters. The van der Waals surface area contributed by atoms with E-state index < -0.39 is 0 Å². The summed E-state index contributed by atoms with van der Waals surface area (Å²) in [7, 11) is 0. The summed E-state index contributed by atoms with van der Waals surface area (Å²) in [5.74, 6) is -0.496. The number of nitrogens with one attached hydrogen (secondary N) is 2. The minimum Gasteiger partial charge on any atom is -0.353 e. The lowest BCUT2D eigenvalue weighted by atomic mass is 9.95. The summed E-state index contributed by atoms with van der Waals surface area (Å²) in [4.78, 5) is 11.7. The van der Waals surface area contributed by atoms with Crippen molar-refractivity contribution in [1.82, 2.24) is 10.6 Å². The molecule has 0 bridgehead atoms. The second-order valence-corrected chi connectivity index (χ2v) is 5.79. The van der Waals surface area contributed by atoms with Crippen molar-refractivity contribution in [2.45, 2.75) is 44.6 Å². The number of benzene rings is 1. The maximum absolute atomic E-state index is 13.4. The molecule has 0 aliphatic heterocycles. The van der Waals surface area contributed by atoms with Crippen LogP contribution in [0, 0.1) is 5.82 Å². The van der Waals surface area contributed by atoms with Crippen molar-refractivity contribution < 1.29 is 9.18 Å². The number of halogens is 1. The molecule has 1 amide bonds. The van der Waals surface area contributed by atoms with Crippen LogP contribution in [0.5, 0.6) is 0 Å². The van der Waals surface area contributed by atoms with Crippen molar-refractivity contribution in [3.8, 4) is 0 Å². The largest absolute Gasteiger partial charge is 0.353 e. The lowest BCUT2D eigenvalue weighted by Gasteiger charge is -2.22. The van der Waals surface area contributed by atoms with E-state index in [0.717, 1.165) is 13.0 Å². The summed E-state index contributed by atoms with van der Waals surface area (Å²) < 4.78 is 13.4.